The lowest BCUT2D eigenvalue weighted by Gasteiger charge is -2.21. The zero-order valence-electron chi connectivity index (χ0n) is 10.6. The van der Waals surface area contributed by atoms with E-state index in [1.807, 2.05) is 0 Å². The number of carbonyl (C=O) groups excluding carboxylic acids is 1. The first kappa shape index (κ1) is 13.9. The first-order chi connectivity index (χ1) is 9.47. The van der Waals surface area contributed by atoms with Gasteiger partial charge in [-0.05, 0) is 37.8 Å². The Labute approximate surface area is 114 Å². The molecule has 0 spiro atoms. The van der Waals surface area contributed by atoms with Gasteiger partial charge in [-0.2, -0.15) is 5.26 Å². The molecule has 0 bridgehead atoms. The molecule has 6 nitrogen and oxygen atoms in total. The van der Waals surface area contributed by atoms with Crippen molar-refractivity contribution in [3.8, 4) is 6.07 Å². The van der Waals surface area contributed by atoms with Crippen molar-refractivity contribution in [1.29, 1.82) is 5.26 Å². The van der Waals surface area contributed by atoms with Crippen LogP contribution in [0.3, 0.4) is 0 Å². The standard InChI is InChI=1S/C13H12FN3O3/c14-9-3-4-10(11(7-9)17(19)20)12(18)16-13(8-15)5-1-2-6-13/h3-4,7H,1-2,5-6H2,(H,16,18). The summed E-state index contributed by atoms with van der Waals surface area (Å²) in [5, 5.41) is 22.6. The van der Waals surface area contributed by atoms with Gasteiger partial charge in [0.05, 0.1) is 17.1 Å². The molecule has 1 aliphatic rings. The monoisotopic (exact) mass is 277 g/mol. The molecule has 0 heterocycles. The topological polar surface area (TPSA) is 96.0 Å². The SMILES string of the molecule is N#CC1(NC(=O)c2ccc(F)cc2[N+](=O)[O-])CCCC1. The number of nitrogens with zero attached hydrogens (tertiary/aromatic N) is 2. The van der Waals surface area contributed by atoms with Crippen molar-refractivity contribution in [1.82, 2.24) is 5.32 Å². The molecular weight excluding hydrogens is 265 g/mol. The lowest BCUT2D eigenvalue weighted by atomic mass is 9.99. The molecule has 0 unspecified atom stereocenters. The summed E-state index contributed by atoms with van der Waals surface area (Å²) in [6, 6.07) is 4.80. The number of halogens is 1. The van der Waals surface area contributed by atoms with E-state index in [9.17, 15) is 24.6 Å². The van der Waals surface area contributed by atoms with Gasteiger partial charge in [-0.3, -0.25) is 14.9 Å². The molecule has 104 valence electrons. The molecule has 0 radical (unpaired) electrons. The highest BCUT2D eigenvalue weighted by Crippen LogP contribution is 2.30. The molecule has 1 amide bonds. The van der Waals surface area contributed by atoms with Crippen LogP contribution < -0.4 is 5.32 Å². The Kier molecular flexibility index (Phi) is 3.66. The second-order valence-electron chi connectivity index (χ2n) is 4.77. The number of benzene rings is 1. The molecule has 1 fully saturated rings. The Bertz CT molecular complexity index is 603. The van der Waals surface area contributed by atoms with Gasteiger partial charge in [0.25, 0.3) is 11.6 Å². The molecule has 0 aromatic heterocycles. The number of carbonyl (C=O) groups is 1. The molecule has 1 aromatic carbocycles. The van der Waals surface area contributed by atoms with Crippen molar-refractivity contribution in [3.05, 3.63) is 39.7 Å². The predicted molar refractivity (Wildman–Crippen MR) is 67.3 cm³/mol. The highest BCUT2D eigenvalue weighted by Gasteiger charge is 2.36. The summed E-state index contributed by atoms with van der Waals surface area (Å²) in [5.41, 5.74) is -1.81. The fourth-order valence-electron chi connectivity index (χ4n) is 2.38. The minimum absolute atomic E-state index is 0.238. The smallest absolute Gasteiger partial charge is 0.285 e. The van der Waals surface area contributed by atoms with E-state index in [-0.39, 0.29) is 5.56 Å². The minimum Gasteiger partial charge on any atom is -0.333 e. The van der Waals surface area contributed by atoms with Gasteiger partial charge < -0.3 is 5.32 Å². The van der Waals surface area contributed by atoms with E-state index in [0.717, 1.165) is 25.0 Å². The molecule has 1 aliphatic carbocycles. The van der Waals surface area contributed by atoms with E-state index in [4.69, 9.17) is 0 Å². The number of hydrogen-bond donors (Lipinski definition) is 1. The molecule has 20 heavy (non-hydrogen) atoms. The normalized spacial score (nSPS) is 16.4. The maximum absolute atomic E-state index is 13.0. The predicted octanol–water partition coefficient (Wildman–Crippen LogP) is 2.30. The molecule has 7 heteroatoms. The maximum Gasteiger partial charge on any atom is 0.285 e. The van der Waals surface area contributed by atoms with Crippen LogP contribution in [0.5, 0.6) is 0 Å². The van der Waals surface area contributed by atoms with Crippen molar-refractivity contribution in [2.24, 2.45) is 0 Å². The van der Waals surface area contributed by atoms with Crippen molar-refractivity contribution >= 4 is 11.6 Å². The first-order valence-corrected chi connectivity index (χ1v) is 6.15. The number of rotatable bonds is 3. The van der Waals surface area contributed by atoms with E-state index < -0.39 is 27.9 Å². The summed E-state index contributed by atoms with van der Waals surface area (Å²) in [6.07, 6.45) is 2.67. The summed E-state index contributed by atoms with van der Waals surface area (Å²) in [5.74, 6) is -1.51. The molecule has 1 saturated carbocycles. The third-order valence-corrected chi connectivity index (χ3v) is 3.43. The number of nitro benzene ring substituents is 1. The zero-order valence-corrected chi connectivity index (χ0v) is 10.6. The molecular formula is C13H12FN3O3. The summed E-state index contributed by atoms with van der Waals surface area (Å²) in [7, 11) is 0. The van der Waals surface area contributed by atoms with Crippen LogP contribution in [0.2, 0.25) is 0 Å². The Morgan fingerprint density at radius 1 is 1.45 bits per heavy atom. The Morgan fingerprint density at radius 2 is 2.10 bits per heavy atom. The van der Waals surface area contributed by atoms with Gasteiger partial charge in [-0.15, -0.1) is 0 Å². The van der Waals surface area contributed by atoms with Crippen LogP contribution in [0.25, 0.3) is 0 Å². The largest absolute Gasteiger partial charge is 0.333 e. The number of nitrogens with one attached hydrogen (secondary N) is 1. The third kappa shape index (κ3) is 2.59. The van der Waals surface area contributed by atoms with Crippen molar-refractivity contribution in [2.75, 3.05) is 0 Å². The van der Waals surface area contributed by atoms with Crippen LogP contribution in [0.4, 0.5) is 10.1 Å². The molecule has 2 rings (SSSR count). The number of amides is 1. The van der Waals surface area contributed by atoms with E-state index in [1.54, 1.807) is 0 Å². The van der Waals surface area contributed by atoms with E-state index in [0.29, 0.717) is 18.9 Å². The van der Waals surface area contributed by atoms with Gasteiger partial charge in [0, 0.05) is 0 Å². The molecule has 1 aromatic rings. The fourth-order valence-corrected chi connectivity index (χ4v) is 2.38. The lowest BCUT2D eigenvalue weighted by Crippen LogP contribution is -2.45. The number of hydrogen-bond acceptors (Lipinski definition) is 4. The van der Waals surface area contributed by atoms with Crippen molar-refractivity contribution in [3.63, 3.8) is 0 Å². The average Bonchev–Trinajstić information content (AvgIpc) is 2.87. The Hall–Kier alpha value is -2.49. The summed E-state index contributed by atoms with van der Waals surface area (Å²) >= 11 is 0. The molecule has 1 N–H and O–H groups in total. The molecule has 0 saturated heterocycles. The fraction of sp³-hybridized carbons (Fsp3) is 0.385. The quantitative estimate of drug-likeness (QED) is 0.677. The van der Waals surface area contributed by atoms with Crippen LogP contribution in [0.1, 0.15) is 36.0 Å². The van der Waals surface area contributed by atoms with Crippen molar-refractivity contribution < 1.29 is 14.1 Å². The second-order valence-corrected chi connectivity index (χ2v) is 4.77. The van der Waals surface area contributed by atoms with Gasteiger partial charge in [-0.1, -0.05) is 0 Å². The van der Waals surface area contributed by atoms with Gasteiger partial charge in [0.15, 0.2) is 0 Å². The van der Waals surface area contributed by atoms with Crippen LogP contribution in [-0.2, 0) is 0 Å². The van der Waals surface area contributed by atoms with Crippen LogP contribution in [0, 0.1) is 27.3 Å². The van der Waals surface area contributed by atoms with Gasteiger partial charge in [-0.25, -0.2) is 4.39 Å². The van der Waals surface area contributed by atoms with Gasteiger partial charge >= 0.3 is 0 Å². The maximum atomic E-state index is 13.0. The first-order valence-electron chi connectivity index (χ1n) is 6.15. The average molecular weight is 277 g/mol. The van der Waals surface area contributed by atoms with Crippen molar-refractivity contribution in [2.45, 2.75) is 31.2 Å². The molecule has 0 aliphatic heterocycles. The van der Waals surface area contributed by atoms with E-state index in [2.05, 4.69) is 11.4 Å². The van der Waals surface area contributed by atoms with E-state index in [1.165, 1.54) is 0 Å². The highest BCUT2D eigenvalue weighted by molar-refractivity contribution is 5.98. The van der Waals surface area contributed by atoms with Crippen LogP contribution >= 0.6 is 0 Å². The van der Waals surface area contributed by atoms with Crippen LogP contribution in [0.15, 0.2) is 18.2 Å². The summed E-state index contributed by atoms with van der Waals surface area (Å²) < 4.78 is 13.0. The third-order valence-electron chi connectivity index (χ3n) is 3.43. The van der Waals surface area contributed by atoms with Gasteiger partial charge in [0.2, 0.25) is 0 Å². The zero-order chi connectivity index (χ0) is 14.8. The van der Waals surface area contributed by atoms with Crippen LogP contribution in [-0.4, -0.2) is 16.4 Å². The minimum atomic E-state index is -0.973. The number of nitriles is 1. The number of nitro groups is 1. The highest BCUT2D eigenvalue weighted by atomic mass is 19.1. The Morgan fingerprint density at radius 3 is 2.65 bits per heavy atom. The molecule has 0 atom stereocenters. The van der Waals surface area contributed by atoms with E-state index >= 15 is 0 Å². The Balaban J connectivity index is 2.30. The lowest BCUT2D eigenvalue weighted by molar-refractivity contribution is -0.385. The second kappa shape index (κ2) is 5.25. The summed E-state index contributed by atoms with van der Waals surface area (Å²) in [6.45, 7) is 0. The summed E-state index contributed by atoms with van der Waals surface area (Å²) in [4.78, 5) is 22.2. The van der Waals surface area contributed by atoms with Gasteiger partial charge in [0.1, 0.15) is 16.9 Å².